The van der Waals surface area contributed by atoms with E-state index >= 15 is 0 Å². The van der Waals surface area contributed by atoms with Crippen LogP contribution in [0.25, 0.3) is 0 Å². The number of aliphatic carboxylic acids is 1. The molecule has 4 rings (SSSR count). The normalized spacial score (nSPS) is 26.3. The van der Waals surface area contributed by atoms with Crippen LogP contribution in [0.5, 0.6) is 0 Å². The Morgan fingerprint density at radius 3 is 2.47 bits per heavy atom. The van der Waals surface area contributed by atoms with E-state index in [1.165, 1.54) is 5.56 Å². The molecule has 1 amide bonds. The Morgan fingerprint density at radius 1 is 1.19 bits per heavy atom. The zero-order chi connectivity index (χ0) is 23.5. The molecule has 1 N–H and O–H groups in total. The summed E-state index contributed by atoms with van der Waals surface area (Å²) in [5.41, 5.74) is 1.20. The molecule has 3 atom stereocenters. The number of halogens is 3. The van der Waals surface area contributed by atoms with Gasteiger partial charge in [-0.3, -0.25) is 14.5 Å². The van der Waals surface area contributed by atoms with Crippen LogP contribution in [0.1, 0.15) is 29.9 Å². The molecule has 4 heterocycles. The summed E-state index contributed by atoms with van der Waals surface area (Å²) in [6, 6.07) is 2.12. The Hall–Kier alpha value is -2.11. The Morgan fingerprint density at radius 2 is 1.91 bits per heavy atom. The van der Waals surface area contributed by atoms with Crippen molar-refractivity contribution in [2.24, 2.45) is 17.8 Å². The molecule has 0 aliphatic carbocycles. The Balaban J connectivity index is 0.000000360. The lowest BCUT2D eigenvalue weighted by Gasteiger charge is -2.36. The van der Waals surface area contributed by atoms with E-state index in [1.807, 2.05) is 6.92 Å². The molecule has 32 heavy (non-hydrogen) atoms. The number of carboxylic acid groups (broad SMARTS) is 1. The van der Waals surface area contributed by atoms with Crippen LogP contribution in [-0.2, 0) is 25.7 Å². The van der Waals surface area contributed by atoms with Crippen LogP contribution in [-0.4, -0.2) is 72.6 Å². The minimum atomic E-state index is -5.08. The Bertz CT molecular complexity index is 786. The summed E-state index contributed by atoms with van der Waals surface area (Å²) < 4.78 is 43.3. The first-order valence-corrected chi connectivity index (χ1v) is 10.7. The maximum absolute atomic E-state index is 12.9. The largest absolute Gasteiger partial charge is 0.490 e. The van der Waals surface area contributed by atoms with Crippen LogP contribution in [0.4, 0.5) is 13.2 Å². The van der Waals surface area contributed by atoms with Crippen molar-refractivity contribution < 1.29 is 41.9 Å². The smallest absolute Gasteiger partial charge is 0.475 e. The van der Waals surface area contributed by atoms with Crippen LogP contribution in [0.3, 0.4) is 0 Å². The number of aryl methyl sites for hydroxylation is 2. The molecule has 0 unspecified atom stereocenters. The fourth-order valence-corrected chi connectivity index (χ4v) is 4.38. The van der Waals surface area contributed by atoms with Crippen molar-refractivity contribution >= 4 is 11.9 Å². The van der Waals surface area contributed by atoms with Crippen LogP contribution >= 0.6 is 0 Å². The summed E-state index contributed by atoms with van der Waals surface area (Å²) in [6.45, 7) is 9.41. The number of ether oxygens (including phenoxy) is 1. The van der Waals surface area contributed by atoms with Gasteiger partial charge in [0.2, 0.25) is 0 Å². The summed E-state index contributed by atoms with van der Waals surface area (Å²) in [7, 11) is 0. The van der Waals surface area contributed by atoms with Crippen molar-refractivity contribution in [3.05, 3.63) is 23.2 Å². The lowest BCUT2D eigenvalue weighted by atomic mass is 9.82. The van der Waals surface area contributed by atoms with E-state index in [9.17, 15) is 18.0 Å². The molecule has 0 spiro atoms. The van der Waals surface area contributed by atoms with Gasteiger partial charge in [0, 0.05) is 19.6 Å². The third-order valence-electron chi connectivity index (χ3n) is 6.12. The zero-order valence-electron chi connectivity index (χ0n) is 18.2. The molecule has 0 aromatic carbocycles. The number of amides is 1. The van der Waals surface area contributed by atoms with Crippen molar-refractivity contribution in [3.8, 4) is 0 Å². The van der Waals surface area contributed by atoms with Crippen LogP contribution < -0.4 is 0 Å². The molecule has 3 aliphatic rings. The number of nitrogens with zero attached hydrogens (tertiary/aromatic N) is 2. The number of hydrogen-bond acceptors (Lipinski definition) is 6. The quantitative estimate of drug-likeness (QED) is 0.739. The predicted octanol–water partition coefficient (Wildman–Crippen LogP) is 2.78. The van der Waals surface area contributed by atoms with Gasteiger partial charge in [-0.25, -0.2) is 9.86 Å². The van der Waals surface area contributed by atoms with E-state index < -0.39 is 12.1 Å². The van der Waals surface area contributed by atoms with Gasteiger partial charge in [0.05, 0.1) is 32.3 Å². The van der Waals surface area contributed by atoms with Gasteiger partial charge in [0.15, 0.2) is 0 Å². The number of hydroxylamine groups is 2. The molecule has 3 fully saturated rings. The van der Waals surface area contributed by atoms with E-state index in [-0.39, 0.29) is 11.8 Å². The molecule has 0 bridgehead atoms. The predicted molar refractivity (Wildman–Crippen MR) is 105 cm³/mol. The first-order valence-electron chi connectivity index (χ1n) is 10.7. The van der Waals surface area contributed by atoms with E-state index in [2.05, 4.69) is 17.9 Å². The number of furan rings is 1. The summed E-state index contributed by atoms with van der Waals surface area (Å²) in [5.74, 6) is 0.0472. The molecule has 1 aromatic heterocycles. The van der Waals surface area contributed by atoms with Crippen LogP contribution in [0.15, 0.2) is 10.5 Å². The number of alkyl halides is 3. The summed E-state index contributed by atoms with van der Waals surface area (Å²) in [5, 5.41) is 8.71. The number of carbonyl (C=O) groups is 2. The van der Waals surface area contributed by atoms with Gasteiger partial charge in [-0.05, 0) is 50.2 Å². The highest BCUT2D eigenvalue weighted by Gasteiger charge is 2.45. The van der Waals surface area contributed by atoms with Gasteiger partial charge in [-0.2, -0.15) is 13.2 Å². The molecule has 1 aromatic rings. The summed E-state index contributed by atoms with van der Waals surface area (Å²) in [4.78, 5) is 29.8. The Labute approximate surface area is 184 Å². The maximum atomic E-state index is 12.9. The number of fused-ring (bicyclic) bond motifs is 1. The minimum absolute atomic E-state index is 0.0816. The molecule has 0 radical (unpaired) electrons. The topological polar surface area (TPSA) is 92.5 Å². The highest BCUT2D eigenvalue weighted by Crippen LogP contribution is 2.36. The number of carbonyl (C=O) groups excluding carboxylic acids is 1. The molecule has 0 saturated carbocycles. The highest BCUT2D eigenvalue weighted by molar-refractivity contribution is 5.78. The molecular weight excluding hydrogens is 433 g/mol. The SMILES string of the molecule is Cc1cc(CN2C[C@@H]3COC[C@@H](C(=O)N4CCCCO4)[C@@H]3C2)oc1C.O=C(O)C(F)(F)F. The second-order valence-electron chi connectivity index (χ2n) is 8.50. The molecule has 3 saturated heterocycles. The third kappa shape index (κ3) is 6.02. The summed E-state index contributed by atoms with van der Waals surface area (Å²) in [6.07, 6.45) is -3.02. The number of rotatable bonds is 3. The first-order chi connectivity index (χ1) is 15.1. The highest BCUT2D eigenvalue weighted by atomic mass is 19.4. The Kier molecular flexibility index (Phi) is 7.84. The lowest BCUT2D eigenvalue weighted by Crippen LogP contribution is -2.47. The molecule has 11 heteroatoms. The van der Waals surface area contributed by atoms with Crippen molar-refractivity contribution in [1.82, 2.24) is 9.96 Å². The van der Waals surface area contributed by atoms with Gasteiger partial charge in [-0.15, -0.1) is 0 Å². The van der Waals surface area contributed by atoms with Crippen molar-refractivity contribution in [3.63, 3.8) is 0 Å². The fourth-order valence-electron chi connectivity index (χ4n) is 4.38. The number of hydrogen-bond donors (Lipinski definition) is 1. The van der Waals surface area contributed by atoms with E-state index in [4.69, 9.17) is 23.9 Å². The standard InChI is InChI=1S/C19H28N2O4.C2HF3O2/c1-13-7-16(25-14(13)2)9-20-8-15-11-23-12-18(17(15)10-20)19(22)21-5-3-4-6-24-21;3-2(4,5)1(6)7/h7,15,17-18H,3-6,8-12H2,1-2H3;(H,6,7)/t15-,17-,18-;/m1./s1. The van der Waals surface area contributed by atoms with Gasteiger partial charge >= 0.3 is 12.1 Å². The van der Waals surface area contributed by atoms with E-state index in [1.54, 1.807) is 5.06 Å². The fraction of sp³-hybridized carbons (Fsp3) is 0.714. The third-order valence-corrected chi connectivity index (χ3v) is 6.12. The molecule has 3 aliphatic heterocycles. The van der Waals surface area contributed by atoms with Crippen molar-refractivity contribution in [2.75, 3.05) is 39.5 Å². The minimum Gasteiger partial charge on any atom is -0.475 e. The van der Waals surface area contributed by atoms with Crippen molar-refractivity contribution in [2.45, 2.75) is 39.4 Å². The molecular formula is C21H29F3N2O6. The van der Waals surface area contributed by atoms with Gasteiger partial charge in [0.25, 0.3) is 5.91 Å². The zero-order valence-corrected chi connectivity index (χ0v) is 18.2. The number of likely N-dealkylation sites (tertiary alicyclic amines) is 1. The summed E-state index contributed by atoms with van der Waals surface area (Å²) >= 11 is 0. The molecule has 8 nitrogen and oxygen atoms in total. The maximum Gasteiger partial charge on any atom is 0.490 e. The van der Waals surface area contributed by atoms with Crippen LogP contribution in [0.2, 0.25) is 0 Å². The van der Waals surface area contributed by atoms with Gasteiger partial charge < -0.3 is 14.3 Å². The van der Waals surface area contributed by atoms with E-state index in [0.717, 1.165) is 50.6 Å². The van der Waals surface area contributed by atoms with Gasteiger partial charge in [-0.1, -0.05) is 0 Å². The second-order valence-corrected chi connectivity index (χ2v) is 8.50. The lowest BCUT2D eigenvalue weighted by molar-refractivity contribution is -0.207. The number of carboxylic acids is 1. The van der Waals surface area contributed by atoms with E-state index in [0.29, 0.717) is 31.6 Å². The average Bonchev–Trinajstić information content (AvgIpc) is 3.29. The first kappa shape index (κ1) is 24.5. The second kappa shape index (κ2) is 10.2. The molecule has 180 valence electrons. The van der Waals surface area contributed by atoms with Gasteiger partial charge in [0.1, 0.15) is 11.5 Å². The van der Waals surface area contributed by atoms with Crippen LogP contribution in [0, 0.1) is 31.6 Å². The average molecular weight is 462 g/mol. The van der Waals surface area contributed by atoms with Crippen molar-refractivity contribution in [1.29, 1.82) is 0 Å². The monoisotopic (exact) mass is 462 g/mol.